The van der Waals surface area contributed by atoms with Gasteiger partial charge in [-0.2, -0.15) is 0 Å². The number of rotatable bonds is 43. The van der Waals surface area contributed by atoms with Crippen LogP contribution in [0.2, 0.25) is 0 Å². The summed E-state index contributed by atoms with van der Waals surface area (Å²) >= 11 is 0. The fourth-order valence-corrected chi connectivity index (χ4v) is 6.18. The second-order valence-corrected chi connectivity index (χ2v) is 15.6. The van der Waals surface area contributed by atoms with Gasteiger partial charge >= 0.3 is 11.9 Å². The SMILES string of the molecule is CC/C=C\C/C=C\C/C=C\C/C=C\C/C=C\CC(=O)OCC(COCCCCCCCC/C=C\C/C=C\CCC)OC(=O)CCCCCCC/C=C\C/C=C\CCCCC. The Bertz CT molecular complexity index is 1210. The molecule has 1 atom stereocenters. The first kappa shape index (κ1) is 56.6. The van der Waals surface area contributed by atoms with E-state index in [1.807, 2.05) is 12.2 Å². The van der Waals surface area contributed by atoms with E-state index in [0.29, 0.717) is 13.0 Å². The van der Waals surface area contributed by atoms with Crippen molar-refractivity contribution in [1.29, 1.82) is 0 Å². The number of unbranched alkanes of at least 4 members (excludes halogenated alkanes) is 15. The predicted octanol–water partition coefficient (Wildman–Crippen LogP) is 16.4. The third kappa shape index (κ3) is 47.2. The molecule has 60 heavy (non-hydrogen) atoms. The number of ether oxygens (including phenoxy) is 3. The van der Waals surface area contributed by atoms with Crippen molar-refractivity contribution in [2.45, 2.75) is 207 Å². The number of allylic oxidation sites excluding steroid dienone is 17. The van der Waals surface area contributed by atoms with Crippen LogP contribution in [0.3, 0.4) is 0 Å². The molecule has 5 nitrogen and oxygen atoms in total. The molecule has 0 fully saturated rings. The molecule has 0 aromatic rings. The van der Waals surface area contributed by atoms with Crippen molar-refractivity contribution in [3.63, 3.8) is 0 Å². The van der Waals surface area contributed by atoms with Crippen molar-refractivity contribution in [2.24, 2.45) is 0 Å². The van der Waals surface area contributed by atoms with Crippen molar-refractivity contribution in [3.05, 3.63) is 109 Å². The summed E-state index contributed by atoms with van der Waals surface area (Å²) < 4.78 is 17.2. The van der Waals surface area contributed by atoms with E-state index < -0.39 is 6.10 Å². The van der Waals surface area contributed by atoms with Crippen molar-refractivity contribution < 1.29 is 23.8 Å². The van der Waals surface area contributed by atoms with Crippen LogP contribution >= 0.6 is 0 Å². The number of hydrogen-bond acceptors (Lipinski definition) is 5. The molecule has 0 saturated carbocycles. The average molecular weight is 831 g/mol. The highest BCUT2D eigenvalue weighted by Crippen LogP contribution is 2.12. The second kappa shape index (κ2) is 49.9. The van der Waals surface area contributed by atoms with Gasteiger partial charge in [0.15, 0.2) is 6.10 Å². The molecule has 340 valence electrons. The van der Waals surface area contributed by atoms with Gasteiger partial charge in [-0.05, 0) is 103 Å². The van der Waals surface area contributed by atoms with E-state index in [0.717, 1.165) is 89.9 Å². The first-order chi connectivity index (χ1) is 29.6. The maximum absolute atomic E-state index is 12.8. The Labute approximate surface area is 370 Å². The fourth-order valence-electron chi connectivity index (χ4n) is 6.18. The molecule has 0 aliphatic heterocycles. The summed E-state index contributed by atoms with van der Waals surface area (Å²) in [4.78, 5) is 25.3. The summed E-state index contributed by atoms with van der Waals surface area (Å²) in [6, 6.07) is 0. The van der Waals surface area contributed by atoms with Crippen molar-refractivity contribution in [1.82, 2.24) is 0 Å². The number of carbonyl (C=O) groups excluding carboxylic acids is 2. The zero-order valence-corrected chi connectivity index (χ0v) is 38.9. The summed E-state index contributed by atoms with van der Waals surface area (Å²) in [5, 5.41) is 0. The molecule has 0 aromatic heterocycles. The van der Waals surface area contributed by atoms with Gasteiger partial charge in [0.2, 0.25) is 0 Å². The molecule has 0 aromatic carbocycles. The van der Waals surface area contributed by atoms with Crippen molar-refractivity contribution >= 4 is 11.9 Å². The molecule has 0 rings (SSSR count). The molecule has 0 aliphatic carbocycles. The minimum Gasteiger partial charge on any atom is -0.461 e. The minimum absolute atomic E-state index is 0.0148. The summed E-state index contributed by atoms with van der Waals surface area (Å²) in [5.74, 6) is -0.573. The minimum atomic E-state index is -0.594. The smallest absolute Gasteiger partial charge is 0.309 e. The Morgan fingerprint density at radius 3 is 1.35 bits per heavy atom. The van der Waals surface area contributed by atoms with Gasteiger partial charge in [0.25, 0.3) is 0 Å². The zero-order valence-electron chi connectivity index (χ0n) is 38.9. The summed E-state index contributed by atoms with van der Waals surface area (Å²) in [6.07, 6.45) is 68.3. The molecule has 0 N–H and O–H groups in total. The number of carbonyl (C=O) groups is 2. The van der Waals surface area contributed by atoms with E-state index in [-0.39, 0.29) is 31.6 Å². The topological polar surface area (TPSA) is 61.8 Å². The maximum Gasteiger partial charge on any atom is 0.309 e. The molecule has 0 saturated heterocycles. The molecule has 5 heteroatoms. The van der Waals surface area contributed by atoms with Gasteiger partial charge in [-0.15, -0.1) is 0 Å². The van der Waals surface area contributed by atoms with Gasteiger partial charge in [-0.3, -0.25) is 9.59 Å². The zero-order chi connectivity index (χ0) is 43.5. The Morgan fingerprint density at radius 2 is 0.833 bits per heavy atom. The lowest BCUT2D eigenvalue weighted by molar-refractivity contribution is -0.162. The van der Waals surface area contributed by atoms with E-state index in [9.17, 15) is 9.59 Å². The van der Waals surface area contributed by atoms with Crippen LogP contribution in [0.15, 0.2) is 109 Å². The lowest BCUT2D eigenvalue weighted by atomic mass is 10.1. The Kier molecular flexibility index (Phi) is 47.1. The van der Waals surface area contributed by atoms with Crippen molar-refractivity contribution in [2.75, 3.05) is 19.8 Å². The monoisotopic (exact) mass is 831 g/mol. The van der Waals surface area contributed by atoms with E-state index in [2.05, 4.69) is 118 Å². The van der Waals surface area contributed by atoms with Crippen LogP contribution in [0.4, 0.5) is 0 Å². The largest absolute Gasteiger partial charge is 0.461 e. The van der Waals surface area contributed by atoms with E-state index >= 15 is 0 Å². The molecule has 1 unspecified atom stereocenters. The fraction of sp³-hybridized carbons (Fsp3) is 0.636. The molecule has 0 aliphatic rings. The highest BCUT2D eigenvalue weighted by molar-refractivity contribution is 5.71. The third-order valence-corrected chi connectivity index (χ3v) is 9.78. The van der Waals surface area contributed by atoms with Gasteiger partial charge in [0, 0.05) is 13.0 Å². The normalized spacial score (nSPS) is 13.2. The van der Waals surface area contributed by atoms with Gasteiger partial charge in [-0.25, -0.2) is 0 Å². The van der Waals surface area contributed by atoms with Gasteiger partial charge < -0.3 is 14.2 Å². The predicted molar refractivity (Wildman–Crippen MR) is 260 cm³/mol. The van der Waals surface area contributed by atoms with Gasteiger partial charge in [0.1, 0.15) is 6.61 Å². The van der Waals surface area contributed by atoms with Crippen LogP contribution < -0.4 is 0 Å². The molecule has 0 amide bonds. The molecule has 0 spiro atoms. The third-order valence-electron chi connectivity index (χ3n) is 9.78. The van der Waals surface area contributed by atoms with Crippen LogP contribution in [-0.2, 0) is 23.8 Å². The van der Waals surface area contributed by atoms with Gasteiger partial charge in [-0.1, -0.05) is 194 Å². The highest BCUT2D eigenvalue weighted by atomic mass is 16.6. The summed E-state index contributed by atoms with van der Waals surface area (Å²) in [5.41, 5.74) is 0. The van der Waals surface area contributed by atoms with Crippen LogP contribution in [0.5, 0.6) is 0 Å². The first-order valence-corrected chi connectivity index (χ1v) is 24.4. The van der Waals surface area contributed by atoms with Gasteiger partial charge in [0.05, 0.1) is 13.0 Å². The average Bonchev–Trinajstić information content (AvgIpc) is 3.25. The van der Waals surface area contributed by atoms with Crippen LogP contribution in [0.1, 0.15) is 201 Å². The number of esters is 2. The van der Waals surface area contributed by atoms with Crippen LogP contribution in [0, 0.1) is 0 Å². The number of hydrogen-bond donors (Lipinski definition) is 0. The van der Waals surface area contributed by atoms with Crippen molar-refractivity contribution in [3.8, 4) is 0 Å². The summed E-state index contributed by atoms with van der Waals surface area (Å²) in [7, 11) is 0. The highest BCUT2D eigenvalue weighted by Gasteiger charge is 2.17. The van der Waals surface area contributed by atoms with Crippen LogP contribution in [0.25, 0.3) is 0 Å². The molecule has 0 heterocycles. The Hall–Kier alpha value is -3.44. The molecule has 0 bridgehead atoms. The standard InChI is InChI=1S/C55H90O5/c1-4-7-10-13-16-19-22-25-28-30-33-36-39-42-45-48-54(56)59-52-53(51-58-50-47-44-41-38-35-32-27-24-21-18-15-12-9-6-3)60-55(57)49-46-43-40-37-34-31-29-26-23-20-17-14-11-8-5-2/h7,10,12,15-17,19-21,24-26,28-29,33,36,42,45,53H,4-6,8-9,11,13-14,18,22-23,27,30-32,34-35,37-41,43-44,46-52H2,1-3H3/b10-7-,15-12-,19-16-,20-17-,24-21-,28-25-,29-26-,36-33-,45-42-. The van der Waals surface area contributed by atoms with E-state index in [4.69, 9.17) is 14.2 Å². The molecule has 0 radical (unpaired) electrons. The first-order valence-electron chi connectivity index (χ1n) is 24.4. The Balaban J connectivity index is 4.46. The Morgan fingerprint density at radius 1 is 0.400 bits per heavy atom. The van der Waals surface area contributed by atoms with E-state index in [1.165, 1.54) is 77.0 Å². The quantitative estimate of drug-likeness (QED) is 0.0348. The van der Waals surface area contributed by atoms with E-state index in [1.54, 1.807) is 0 Å². The second-order valence-electron chi connectivity index (χ2n) is 15.6. The molecular formula is C55H90O5. The summed E-state index contributed by atoms with van der Waals surface area (Å²) in [6.45, 7) is 7.46. The maximum atomic E-state index is 12.8. The molecular weight excluding hydrogens is 741 g/mol. The lowest BCUT2D eigenvalue weighted by Crippen LogP contribution is -2.30. The van der Waals surface area contributed by atoms with Crippen LogP contribution in [-0.4, -0.2) is 37.9 Å². The lowest BCUT2D eigenvalue weighted by Gasteiger charge is -2.18.